The van der Waals surface area contributed by atoms with Crippen LogP contribution in [0, 0.1) is 0 Å². The smallest absolute Gasteiger partial charge is 0.246 e. The molecule has 1 heterocycles. The predicted octanol–water partition coefficient (Wildman–Crippen LogP) is 2.57. The molecule has 1 N–H and O–H groups in total. The first-order chi connectivity index (χ1) is 10.2. The van der Waals surface area contributed by atoms with Gasteiger partial charge in [-0.15, -0.1) is 0 Å². The molecular formula is C16H28N2O2S. The Morgan fingerprint density at radius 2 is 1.95 bits per heavy atom. The topological polar surface area (TPSA) is 49.4 Å². The third-order valence-corrected chi connectivity index (χ3v) is 5.61. The minimum Gasteiger partial charge on any atom is -0.342 e. The van der Waals surface area contributed by atoms with Crippen LogP contribution in [0.4, 0.5) is 0 Å². The van der Waals surface area contributed by atoms with Gasteiger partial charge in [-0.3, -0.25) is 9.59 Å². The first-order valence-corrected chi connectivity index (χ1v) is 9.51. The zero-order valence-electron chi connectivity index (χ0n) is 13.3. The highest BCUT2D eigenvalue weighted by Gasteiger charge is 2.51. The first kappa shape index (κ1) is 16.7. The van der Waals surface area contributed by atoms with Crippen molar-refractivity contribution < 1.29 is 9.59 Å². The summed E-state index contributed by atoms with van der Waals surface area (Å²) in [6, 6.07) is -0.304. The van der Waals surface area contributed by atoms with Gasteiger partial charge < -0.3 is 10.2 Å². The molecule has 2 fully saturated rings. The molecule has 1 saturated carbocycles. The second kappa shape index (κ2) is 7.52. The number of nitrogens with one attached hydrogen (secondary N) is 1. The van der Waals surface area contributed by atoms with Gasteiger partial charge >= 0.3 is 0 Å². The number of nitrogens with zero attached hydrogens (tertiary/aromatic N) is 1. The van der Waals surface area contributed by atoms with Crippen molar-refractivity contribution in [3.05, 3.63) is 0 Å². The van der Waals surface area contributed by atoms with Crippen molar-refractivity contribution >= 4 is 23.6 Å². The number of carbonyl (C=O) groups excluding carboxylic acids is 2. The summed E-state index contributed by atoms with van der Waals surface area (Å²) in [7, 11) is 0. The van der Waals surface area contributed by atoms with Crippen molar-refractivity contribution in [3.63, 3.8) is 0 Å². The molecule has 1 aliphatic carbocycles. The highest BCUT2D eigenvalue weighted by Crippen LogP contribution is 2.37. The Morgan fingerprint density at radius 1 is 1.24 bits per heavy atom. The van der Waals surface area contributed by atoms with Crippen molar-refractivity contribution in [2.45, 2.75) is 70.4 Å². The number of rotatable bonds is 6. The van der Waals surface area contributed by atoms with Crippen LogP contribution in [0.5, 0.6) is 0 Å². The summed E-state index contributed by atoms with van der Waals surface area (Å²) in [5.41, 5.74) is -0.548. The van der Waals surface area contributed by atoms with Crippen LogP contribution < -0.4 is 5.32 Å². The third-order valence-electron chi connectivity index (χ3n) is 4.73. The van der Waals surface area contributed by atoms with Gasteiger partial charge in [-0.2, -0.15) is 11.8 Å². The minimum absolute atomic E-state index is 0.0988. The molecule has 21 heavy (non-hydrogen) atoms. The van der Waals surface area contributed by atoms with E-state index in [1.807, 2.05) is 16.7 Å². The van der Waals surface area contributed by atoms with Crippen molar-refractivity contribution in [1.29, 1.82) is 0 Å². The molecule has 0 aromatic heterocycles. The van der Waals surface area contributed by atoms with Gasteiger partial charge in [-0.25, -0.2) is 0 Å². The summed E-state index contributed by atoms with van der Waals surface area (Å²) in [5.74, 6) is 2.23. The van der Waals surface area contributed by atoms with E-state index in [9.17, 15) is 9.59 Å². The van der Waals surface area contributed by atoms with Gasteiger partial charge in [0.05, 0.1) is 0 Å². The summed E-state index contributed by atoms with van der Waals surface area (Å²) in [6.07, 6.45) is 6.62. The number of hydrogen-bond acceptors (Lipinski definition) is 3. The second-order valence-corrected chi connectivity index (χ2v) is 7.49. The normalized spacial score (nSPS) is 25.2. The van der Waals surface area contributed by atoms with Crippen LogP contribution in [0.3, 0.4) is 0 Å². The SMILES string of the molecule is CCCC1NC(=O)C2(CCCCC2)N(CCSCC)C1=O. The highest BCUT2D eigenvalue weighted by atomic mass is 32.2. The predicted molar refractivity (Wildman–Crippen MR) is 87.4 cm³/mol. The molecule has 1 aliphatic heterocycles. The van der Waals surface area contributed by atoms with Crippen LogP contribution in [-0.2, 0) is 9.59 Å². The quantitative estimate of drug-likeness (QED) is 0.767. The number of thioether (sulfide) groups is 1. The monoisotopic (exact) mass is 312 g/mol. The Labute approximate surface area is 132 Å². The van der Waals surface area contributed by atoms with Crippen LogP contribution in [-0.4, -0.2) is 46.3 Å². The van der Waals surface area contributed by atoms with Crippen LogP contribution >= 0.6 is 11.8 Å². The number of carbonyl (C=O) groups is 2. The molecule has 5 heteroatoms. The Balaban J connectivity index is 2.19. The zero-order valence-corrected chi connectivity index (χ0v) is 14.1. The Kier molecular flexibility index (Phi) is 5.97. The molecule has 4 nitrogen and oxygen atoms in total. The number of piperazine rings is 1. The standard InChI is InChI=1S/C16H28N2O2S/c1-3-8-13-14(19)18(11-12-21-4-2)16(15(20)17-13)9-6-5-7-10-16/h13H,3-12H2,1-2H3,(H,17,20). The van der Waals surface area contributed by atoms with Crippen molar-refractivity contribution in [3.8, 4) is 0 Å². The van der Waals surface area contributed by atoms with Crippen molar-refractivity contribution in [2.75, 3.05) is 18.1 Å². The molecule has 120 valence electrons. The number of hydrogen-bond donors (Lipinski definition) is 1. The molecular weight excluding hydrogens is 284 g/mol. The van der Waals surface area contributed by atoms with E-state index in [1.54, 1.807) is 0 Å². The molecule has 0 aromatic rings. The van der Waals surface area contributed by atoms with Crippen LogP contribution in [0.25, 0.3) is 0 Å². The molecule has 2 aliphatic rings. The fourth-order valence-electron chi connectivity index (χ4n) is 3.62. The van der Waals surface area contributed by atoms with E-state index < -0.39 is 5.54 Å². The maximum Gasteiger partial charge on any atom is 0.246 e. The van der Waals surface area contributed by atoms with Gasteiger partial charge in [-0.05, 0) is 25.0 Å². The average molecular weight is 312 g/mol. The Bertz CT molecular complexity index is 380. The van der Waals surface area contributed by atoms with Gasteiger partial charge in [0, 0.05) is 12.3 Å². The fourth-order valence-corrected chi connectivity index (χ4v) is 4.22. The molecule has 0 aromatic carbocycles. The number of amides is 2. The molecule has 1 spiro atoms. The average Bonchev–Trinajstić information content (AvgIpc) is 2.50. The van der Waals surface area contributed by atoms with Gasteiger partial charge in [0.1, 0.15) is 11.6 Å². The molecule has 2 rings (SSSR count). The fraction of sp³-hybridized carbons (Fsp3) is 0.875. The highest BCUT2D eigenvalue weighted by molar-refractivity contribution is 7.99. The van der Waals surface area contributed by atoms with Crippen LogP contribution in [0.2, 0.25) is 0 Å². The molecule has 0 radical (unpaired) electrons. The van der Waals surface area contributed by atoms with E-state index >= 15 is 0 Å². The molecule has 1 atom stereocenters. The van der Waals surface area contributed by atoms with E-state index in [4.69, 9.17) is 0 Å². The van der Waals surface area contributed by atoms with Gasteiger partial charge in [-0.1, -0.05) is 39.5 Å². The second-order valence-electron chi connectivity index (χ2n) is 6.09. The van der Waals surface area contributed by atoms with E-state index in [2.05, 4.69) is 19.2 Å². The summed E-state index contributed by atoms with van der Waals surface area (Å²) < 4.78 is 0. The lowest BCUT2D eigenvalue weighted by Crippen LogP contribution is -2.71. The third kappa shape index (κ3) is 3.38. The molecule has 1 unspecified atom stereocenters. The summed E-state index contributed by atoms with van der Waals surface area (Å²) in [6.45, 7) is 4.90. The van der Waals surface area contributed by atoms with E-state index in [0.29, 0.717) is 6.54 Å². The minimum atomic E-state index is -0.548. The summed E-state index contributed by atoms with van der Waals surface area (Å²) >= 11 is 1.84. The zero-order chi connectivity index (χ0) is 15.3. The largest absolute Gasteiger partial charge is 0.342 e. The van der Waals surface area contributed by atoms with E-state index in [0.717, 1.165) is 50.0 Å². The van der Waals surface area contributed by atoms with E-state index in [-0.39, 0.29) is 17.9 Å². The van der Waals surface area contributed by atoms with Crippen molar-refractivity contribution in [1.82, 2.24) is 10.2 Å². The first-order valence-electron chi connectivity index (χ1n) is 8.36. The lowest BCUT2D eigenvalue weighted by Gasteiger charge is -2.50. The molecule has 1 saturated heterocycles. The maximum absolute atomic E-state index is 12.8. The van der Waals surface area contributed by atoms with Crippen LogP contribution in [0.1, 0.15) is 58.8 Å². The lowest BCUT2D eigenvalue weighted by atomic mass is 9.77. The van der Waals surface area contributed by atoms with Gasteiger partial charge in [0.15, 0.2) is 0 Å². The molecule has 0 bridgehead atoms. The Morgan fingerprint density at radius 3 is 2.57 bits per heavy atom. The van der Waals surface area contributed by atoms with Gasteiger partial charge in [0.2, 0.25) is 11.8 Å². The Hall–Kier alpha value is -0.710. The maximum atomic E-state index is 12.8. The summed E-state index contributed by atoms with van der Waals surface area (Å²) in [4.78, 5) is 27.5. The van der Waals surface area contributed by atoms with Gasteiger partial charge in [0.25, 0.3) is 0 Å². The van der Waals surface area contributed by atoms with Crippen molar-refractivity contribution in [2.24, 2.45) is 0 Å². The van der Waals surface area contributed by atoms with Crippen LogP contribution in [0.15, 0.2) is 0 Å². The van der Waals surface area contributed by atoms with E-state index in [1.165, 1.54) is 6.42 Å². The molecule has 2 amide bonds. The summed E-state index contributed by atoms with van der Waals surface area (Å²) in [5, 5.41) is 3.01. The lowest BCUT2D eigenvalue weighted by molar-refractivity contribution is -0.159.